The summed E-state index contributed by atoms with van der Waals surface area (Å²) in [6.45, 7) is 2.31. The van der Waals surface area contributed by atoms with E-state index in [1.54, 1.807) is 0 Å². The number of rotatable bonds is 6. The fourth-order valence-electron chi connectivity index (χ4n) is 1.57. The predicted molar refractivity (Wildman–Crippen MR) is 67.2 cm³/mol. The third-order valence-electron chi connectivity index (χ3n) is 2.66. The second-order valence-electron chi connectivity index (χ2n) is 4.26. The van der Waals surface area contributed by atoms with Crippen LogP contribution in [0.15, 0.2) is 30.3 Å². The van der Waals surface area contributed by atoms with Crippen molar-refractivity contribution in [3.05, 3.63) is 35.9 Å². The Morgan fingerprint density at radius 2 is 2.06 bits per heavy atom. The Balaban J connectivity index is 2.56. The van der Waals surface area contributed by atoms with E-state index in [-0.39, 0.29) is 24.5 Å². The van der Waals surface area contributed by atoms with Gasteiger partial charge in [0.1, 0.15) is 0 Å². The molecule has 1 aromatic carbocycles. The van der Waals surface area contributed by atoms with Gasteiger partial charge in [-0.05, 0) is 18.0 Å². The van der Waals surface area contributed by atoms with Gasteiger partial charge in [0.15, 0.2) is 0 Å². The van der Waals surface area contributed by atoms with Crippen molar-refractivity contribution in [1.82, 2.24) is 5.32 Å². The number of carbonyl (C=O) groups is 1. The Morgan fingerprint density at radius 1 is 1.41 bits per heavy atom. The zero-order chi connectivity index (χ0) is 12.7. The van der Waals surface area contributed by atoms with E-state index in [1.165, 1.54) is 0 Å². The molecule has 1 unspecified atom stereocenters. The van der Waals surface area contributed by atoms with Gasteiger partial charge in [-0.3, -0.25) is 4.79 Å². The van der Waals surface area contributed by atoms with E-state index in [2.05, 4.69) is 5.32 Å². The van der Waals surface area contributed by atoms with Gasteiger partial charge >= 0.3 is 0 Å². The third kappa shape index (κ3) is 4.54. The zero-order valence-corrected chi connectivity index (χ0v) is 10.1. The molecule has 4 nitrogen and oxygen atoms in total. The summed E-state index contributed by atoms with van der Waals surface area (Å²) in [6, 6.07) is 9.09. The molecule has 0 aliphatic heterocycles. The number of hydrogen-bond donors (Lipinski definition) is 3. The van der Waals surface area contributed by atoms with Gasteiger partial charge in [0.2, 0.25) is 5.91 Å². The van der Waals surface area contributed by atoms with Crippen LogP contribution in [0, 0.1) is 5.92 Å². The molecule has 0 radical (unpaired) electrons. The van der Waals surface area contributed by atoms with Gasteiger partial charge in [-0.1, -0.05) is 37.3 Å². The van der Waals surface area contributed by atoms with Crippen LogP contribution in [-0.4, -0.2) is 24.2 Å². The maximum Gasteiger partial charge on any atom is 0.220 e. The first kappa shape index (κ1) is 13.7. The minimum absolute atomic E-state index is 0.0779. The van der Waals surface area contributed by atoms with E-state index in [0.717, 1.165) is 5.56 Å². The van der Waals surface area contributed by atoms with Gasteiger partial charge in [0.05, 0.1) is 12.6 Å². The van der Waals surface area contributed by atoms with Crippen molar-refractivity contribution in [3.8, 4) is 0 Å². The number of aliphatic hydroxyl groups is 1. The van der Waals surface area contributed by atoms with Crippen LogP contribution in [0.1, 0.15) is 24.9 Å². The number of carbonyl (C=O) groups excluding carboxylic acids is 1. The monoisotopic (exact) mass is 236 g/mol. The van der Waals surface area contributed by atoms with Crippen LogP contribution in [-0.2, 0) is 4.79 Å². The second-order valence-corrected chi connectivity index (χ2v) is 4.26. The average molecular weight is 236 g/mol. The summed E-state index contributed by atoms with van der Waals surface area (Å²) in [6.07, 6.45) is 0.389. The summed E-state index contributed by atoms with van der Waals surface area (Å²) in [4.78, 5) is 11.7. The smallest absolute Gasteiger partial charge is 0.220 e. The highest BCUT2D eigenvalue weighted by Crippen LogP contribution is 2.12. The maximum atomic E-state index is 11.7. The SMILES string of the molecule is CC(CN)CC(=O)N[C@@H](CO)c1ccccc1. The fourth-order valence-corrected chi connectivity index (χ4v) is 1.57. The molecule has 94 valence electrons. The van der Waals surface area contributed by atoms with Crippen molar-refractivity contribution < 1.29 is 9.90 Å². The van der Waals surface area contributed by atoms with Crippen molar-refractivity contribution in [2.75, 3.05) is 13.2 Å². The largest absolute Gasteiger partial charge is 0.394 e. The molecule has 1 rings (SSSR count). The van der Waals surface area contributed by atoms with Gasteiger partial charge in [0, 0.05) is 6.42 Å². The van der Waals surface area contributed by atoms with Crippen LogP contribution in [0.4, 0.5) is 0 Å². The van der Waals surface area contributed by atoms with Gasteiger partial charge in [-0.15, -0.1) is 0 Å². The molecule has 4 N–H and O–H groups in total. The Hall–Kier alpha value is -1.39. The highest BCUT2D eigenvalue weighted by Gasteiger charge is 2.14. The molecule has 0 saturated carbocycles. The van der Waals surface area contributed by atoms with Crippen molar-refractivity contribution in [3.63, 3.8) is 0 Å². The molecule has 4 heteroatoms. The average Bonchev–Trinajstić information content (AvgIpc) is 2.36. The molecule has 0 aromatic heterocycles. The molecule has 0 spiro atoms. The zero-order valence-electron chi connectivity index (χ0n) is 10.1. The number of nitrogens with two attached hydrogens (primary N) is 1. The number of amides is 1. The van der Waals surface area contributed by atoms with Crippen LogP contribution >= 0.6 is 0 Å². The summed E-state index contributed by atoms with van der Waals surface area (Å²) in [5.41, 5.74) is 6.37. The molecule has 0 saturated heterocycles. The lowest BCUT2D eigenvalue weighted by molar-refractivity contribution is -0.122. The normalized spacial score (nSPS) is 14.1. The molecule has 1 amide bonds. The van der Waals surface area contributed by atoms with Gasteiger partial charge in [0.25, 0.3) is 0 Å². The van der Waals surface area contributed by atoms with Crippen LogP contribution in [0.2, 0.25) is 0 Å². The predicted octanol–water partition coefficient (Wildman–Crippen LogP) is 0.821. The van der Waals surface area contributed by atoms with Crippen molar-refractivity contribution in [1.29, 1.82) is 0 Å². The Labute approximate surface area is 102 Å². The number of nitrogens with one attached hydrogen (secondary N) is 1. The maximum absolute atomic E-state index is 11.7. The quantitative estimate of drug-likeness (QED) is 0.684. The topological polar surface area (TPSA) is 75.4 Å². The number of aliphatic hydroxyl groups excluding tert-OH is 1. The molecule has 0 aliphatic carbocycles. The van der Waals surface area contributed by atoms with E-state index < -0.39 is 0 Å². The summed E-state index contributed by atoms with van der Waals surface area (Å²) >= 11 is 0. The van der Waals surface area contributed by atoms with Crippen molar-refractivity contribution in [2.24, 2.45) is 11.7 Å². The van der Waals surface area contributed by atoms with Crippen LogP contribution in [0.25, 0.3) is 0 Å². The third-order valence-corrected chi connectivity index (χ3v) is 2.66. The first-order chi connectivity index (χ1) is 8.17. The minimum atomic E-state index is -0.339. The Kier molecular flexibility index (Phi) is 5.66. The minimum Gasteiger partial charge on any atom is -0.394 e. The summed E-state index contributed by atoms with van der Waals surface area (Å²) < 4.78 is 0. The standard InChI is InChI=1S/C13H20N2O2/c1-10(8-14)7-13(17)15-12(9-16)11-5-3-2-4-6-11/h2-6,10,12,16H,7-9,14H2,1H3,(H,15,17)/t10?,12-/m0/s1. The second kappa shape index (κ2) is 7.04. The molecule has 0 fully saturated rings. The van der Waals surface area contributed by atoms with Crippen LogP contribution in [0.5, 0.6) is 0 Å². The van der Waals surface area contributed by atoms with Crippen molar-refractivity contribution >= 4 is 5.91 Å². The molecular formula is C13H20N2O2. The van der Waals surface area contributed by atoms with E-state index in [4.69, 9.17) is 5.73 Å². The molecule has 1 aromatic rings. The van der Waals surface area contributed by atoms with Gasteiger partial charge in [-0.25, -0.2) is 0 Å². The lowest BCUT2D eigenvalue weighted by atomic mass is 10.1. The van der Waals surface area contributed by atoms with Crippen LogP contribution in [0.3, 0.4) is 0 Å². The summed E-state index contributed by atoms with van der Waals surface area (Å²) in [5.74, 6) is 0.0796. The lowest BCUT2D eigenvalue weighted by Gasteiger charge is -2.17. The Morgan fingerprint density at radius 3 is 2.59 bits per heavy atom. The molecule has 0 bridgehead atoms. The van der Waals surface area contributed by atoms with E-state index in [9.17, 15) is 9.90 Å². The summed E-state index contributed by atoms with van der Waals surface area (Å²) in [7, 11) is 0. The molecule has 2 atom stereocenters. The first-order valence-corrected chi connectivity index (χ1v) is 5.82. The van der Waals surface area contributed by atoms with Gasteiger partial charge in [-0.2, -0.15) is 0 Å². The highest BCUT2D eigenvalue weighted by atomic mass is 16.3. The van der Waals surface area contributed by atoms with E-state index in [0.29, 0.717) is 13.0 Å². The molecular weight excluding hydrogens is 216 g/mol. The molecule has 0 heterocycles. The number of hydrogen-bond acceptors (Lipinski definition) is 3. The van der Waals surface area contributed by atoms with Crippen LogP contribution < -0.4 is 11.1 Å². The summed E-state index contributed by atoms with van der Waals surface area (Å²) in [5, 5.41) is 12.1. The number of benzene rings is 1. The van der Waals surface area contributed by atoms with Crippen molar-refractivity contribution in [2.45, 2.75) is 19.4 Å². The van der Waals surface area contributed by atoms with E-state index in [1.807, 2.05) is 37.3 Å². The molecule has 17 heavy (non-hydrogen) atoms. The first-order valence-electron chi connectivity index (χ1n) is 5.82. The highest BCUT2D eigenvalue weighted by molar-refractivity contribution is 5.76. The Bertz CT molecular complexity index is 341. The lowest BCUT2D eigenvalue weighted by Crippen LogP contribution is -2.32. The van der Waals surface area contributed by atoms with E-state index >= 15 is 0 Å². The molecule has 0 aliphatic rings. The van der Waals surface area contributed by atoms with Gasteiger partial charge < -0.3 is 16.2 Å². The fraction of sp³-hybridized carbons (Fsp3) is 0.462.